The van der Waals surface area contributed by atoms with Gasteiger partial charge in [-0.2, -0.15) is 0 Å². The second-order valence-electron chi connectivity index (χ2n) is 6.34. The zero-order valence-corrected chi connectivity index (χ0v) is 13.9. The molecular weight excluding hydrogens is 262 g/mol. The molecule has 1 saturated heterocycles. The van der Waals surface area contributed by atoms with Crippen molar-refractivity contribution in [1.82, 2.24) is 10.2 Å². The van der Waals surface area contributed by atoms with Crippen LogP contribution in [0.2, 0.25) is 0 Å². The lowest BCUT2D eigenvalue weighted by molar-refractivity contribution is -0.123. The topological polar surface area (TPSA) is 58.4 Å². The van der Waals surface area contributed by atoms with Crippen LogP contribution in [0.4, 0.5) is 0 Å². The third kappa shape index (κ3) is 8.42. The minimum Gasteiger partial charge on any atom is -0.368 e. The van der Waals surface area contributed by atoms with Gasteiger partial charge in [-0.05, 0) is 13.0 Å². The Morgan fingerprint density at radius 3 is 2.19 bits per heavy atom. The van der Waals surface area contributed by atoms with Gasteiger partial charge >= 0.3 is 0 Å². The predicted octanol–water partition coefficient (Wildman–Crippen LogP) is 2.67. The van der Waals surface area contributed by atoms with E-state index in [1.807, 2.05) is 0 Å². The summed E-state index contributed by atoms with van der Waals surface area (Å²) in [5.41, 5.74) is 5.46. The third-order valence-corrected chi connectivity index (χ3v) is 4.48. The molecule has 3 N–H and O–H groups in total. The minimum atomic E-state index is -0.186. The van der Waals surface area contributed by atoms with E-state index in [1.165, 1.54) is 64.2 Å². The Labute approximate surface area is 130 Å². The van der Waals surface area contributed by atoms with Gasteiger partial charge in [0.1, 0.15) is 6.04 Å². The van der Waals surface area contributed by atoms with Gasteiger partial charge in [0.25, 0.3) is 0 Å². The van der Waals surface area contributed by atoms with Gasteiger partial charge in [0.2, 0.25) is 5.91 Å². The fourth-order valence-corrected chi connectivity index (χ4v) is 3.10. The fraction of sp³-hybridized carbons (Fsp3) is 0.941. The number of piperazine rings is 1. The Morgan fingerprint density at radius 1 is 1.05 bits per heavy atom. The van der Waals surface area contributed by atoms with Crippen LogP contribution < -0.4 is 11.1 Å². The van der Waals surface area contributed by atoms with E-state index in [9.17, 15) is 4.79 Å². The SMILES string of the molecule is CCCCCCCCCCCCN1CCNCC1C(N)=O. The van der Waals surface area contributed by atoms with E-state index < -0.39 is 0 Å². The van der Waals surface area contributed by atoms with Crippen LogP contribution in [0.1, 0.15) is 71.1 Å². The molecule has 124 valence electrons. The number of nitrogens with one attached hydrogen (secondary N) is 1. The van der Waals surface area contributed by atoms with E-state index in [0.717, 1.165) is 19.6 Å². The van der Waals surface area contributed by atoms with Crippen molar-refractivity contribution in [2.24, 2.45) is 5.73 Å². The van der Waals surface area contributed by atoms with Crippen molar-refractivity contribution < 1.29 is 4.79 Å². The highest BCUT2D eigenvalue weighted by Gasteiger charge is 2.25. The molecule has 1 aliphatic rings. The van der Waals surface area contributed by atoms with Gasteiger partial charge in [-0.25, -0.2) is 0 Å². The molecule has 21 heavy (non-hydrogen) atoms. The Bertz CT molecular complexity index is 271. The van der Waals surface area contributed by atoms with Crippen molar-refractivity contribution in [1.29, 1.82) is 0 Å². The van der Waals surface area contributed by atoms with Gasteiger partial charge in [-0.3, -0.25) is 9.69 Å². The van der Waals surface area contributed by atoms with E-state index in [2.05, 4.69) is 17.1 Å². The molecule has 0 saturated carbocycles. The van der Waals surface area contributed by atoms with Crippen molar-refractivity contribution in [2.45, 2.75) is 77.2 Å². The summed E-state index contributed by atoms with van der Waals surface area (Å²) in [5, 5.41) is 3.24. The molecule has 0 spiro atoms. The van der Waals surface area contributed by atoms with Crippen LogP contribution in [0, 0.1) is 0 Å². The molecule has 1 heterocycles. The Kier molecular flexibility index (Phi) is 10.5. The summed E-state index contributed by atoms with van der Waals surface area (Å²) in [6.07, 6.45) is 13.5. The van der Waals surface area contributed by atoms with Gasteiger partial charge in [0.15, 0.2) is 0 Å². The zero-order chi connectivity index (χ0) is 15.3. The van der Waals surface area contributed by atoms with E-state index in [4.69, 9.17) is 5.73 Å². The molecule has 1 rings (SSSR count). The standard InChI is InChI=1S/C17H35N3O/c1-2-3-4-5-6-7-8-9-10-11-13-20-14-12-19-15-16(20)17(18)21/h16,19H,2-15H2,1H3,(H2,18,21). The smallest absolute Gasteiger partial charge is 0.236 e. The Balaban J connectivity index is 1.94. The molecule has 1 fully saturated rings. The number of nitrogens with two attached hydrogens (primary N) is 1. The van der Waals surface area contributed by atoms with Crippen molar-refractivity contribution in [3.05, 3.63) is 0 Å². The summed E-state index contributed by atoms with van der Waals surface area (Å²) < 4.78 is 0. The van der Waals surface area contributed by atoms with Gasteiger partial charge in [-0.15, -0.1) is 0 Å². The van der Waals surface area contributed by atoms with Crippen molar-refractivity contribution >= 4 is 5.91 Å². The predicted molar refractivity (Wildman–Crippen MR) is 89.3 cm³/mol. The molecule has 1 unspecified atom stereocenters. The van der Waals surface area contributed by atoms with Crippen LogP contribution in [-0.4, -0.2) is 43.0 Å². The van der Waals surface area contributed by atoms with Crippen LogP contribution in [0.25, 0.3) is 0 Å². The Hall–Kier alpha value is -0.610. The number of carbonyl (C=O) groups is 1. The van der Waals surface area contributed by atoms with Crippen LogP contribution in [0.3, 0.4) is 0 Å². The van der Waals surface area contributed by atoms with E-state index in [1.54, 1.807) is 0 Å². The number of amides is 1. The van der Waals surface area contributed by atoms with Gasteiger partial charge in [0, 0.05) is 19.6 Å². The molecule has 0 aromatic heterocycles. The number of hydrogen-bond donors (Lipinski definition) is 2. The lowest BCUT2D eigenvalue weighted by Gasteiger charge is -2.34. The maximum absolute atomic E-state index is 11.4. The average Bonchev–Trinajstić information content (AvgIpc) is 2.49. The van der Waals surface area contributed by atoms with Crippen LogP contribution in [-0.2, 0) is 4.79 Å². The van der Waals surface area contributed by atoms with Crippen molar-refractivity contribution in [3.8, 4) is 0 Å². The summed E-state index contributed by atoms with van der Waals surface area (Å²) >= 11 is 0. The summed E-state index contributed by atoms with van der Waals surface area (Å²) in [5.74, 6) is -0.186. The first-order chi connectivity index (χ1) is 10.3. The van der Waals surface area contributed by atoms with Gasteiger partial charge in [0.05, 0.1) is 0 Å². The number of nitrogens with zero attached hydrogens (tertiary/aromatic N) is 1. The molecule has 0 bridgehead atoms. The van der Waals surface area contributed by atoms with Crippen LogP contribution in [0.5, 0.6) is 0 Å². The highest BCUT2D eigenvalue weighted by Crippen LogP contribution is 2.11. The monoisotopic (exact) mass is 297 g/mol. The van der Waals surface area contributed by atoms with E-state index in [-0.39, 0.29) is 11.9 Å². The first-order valence-corrected chi connectivity index (χ1v) is 8.99. The lowest BCUT2D eigenvalue weighted by Crippen LogP contribution is -2.56. The summed E-state index contributed by atoms with van der Waals surface area (Å²) in [4.78, 5) is 13.6. The maximum atomic E-state index is 11.4. The second-order valence-corrected chi connectivity index (χ2v) is 6.34. The van der Waals surface area contributed by atoms with Gasteiger partial charge < -0.3 is 11.1 Å². The van der Waals surface area contributed by atoms with Crippen molar-refractivity contribution in [2.75, 3.05) is 26.2 Å². The Morgan fingerprint density at radius 2 is 1.62 bits per heavy atom. The minimum absolute atomic E-state index is 0.0997. The first-order valence-electron chi connectivity index (χ1n) is 8.99. The summed E-state index contributed by atoms with van der Waals surface area (Å²) in [6, 6.07) is -0.0997. The first kappa shape index (κ1) is 18.4. The summed E-state index contributed by atoms with van der Waals surface area (Å²) in [7, 11) is 0. The molecule has 0 aromatic carbocycles. The number of rotatable bonds is 12. The third-order valence-electron chi connectivity index (χ3n) is 4.48. The van der Waals surface area contributed by atoms with Crippen LogP contribution >= 0.6 is 0 Å². The highest BCUT2D eigenvalue weighted by molar-refractivity contribution is 5.80. The highest BCUT2D eigenvalue weighted by atomic mass is 16.1. The lowest BCUT2D eigenvalue weighted by atomic mass is 10.1. The molecule has 1 amide bonds. The largest absolute Gasteiger partial charge is 0.368 e. The summed E-state index contributed by atoms with van der Waals surface area (Å²) in [6.45, 7) is 5.92. The van der Waals surface area contributed by atoms with Gasteiger partial charge in [-0.1, -0.05) is 64.7 Å². The quantitative estimate of drug-likeness (QED) is 0.545. The normalized spacial score (nSPS) is 19.8. The molecule has 4 nitrogen and oxygen atoms in total. The molecule has 1 aliphatic heterocycles. The fourth-order valence-electron chi connectivity index (χ4n) is 3.10. The molecule has 1 atom stereocenters. The molecular formula is C17H35N3O. The molecule has 0 radical (unpaired) electrons. The maximum Gasteiger partial charge on any atom is 0.236 e. The van der Waals surface area contributed by atoms with Crippen LogP contribution in [0.15, 0.2) is 0 Å². The second kappa shape index (κ2) is 12.0. The average molecular weight is 297 g/mol. The number of carbonyl (C=O) groups excluding carboxylic acids is 1. The number of unbranched alkanes of at least 4 members (excludes halogenated alkanes) is 9. The zero-order valence-electron chi connectivity index (χ0n) is 13.9. The van der Waals surface area contributed by atoms with E-state index in [0.29, 0.717) is 6.54 Å². The molecule has 0 aliphatic carbocycles. The van der Waals surface area contributed by atoms with Crippen molar-refractivity contribution in [3.63, 3.8) is 0 Å². The number of hydrogen-bond acceptors (Lipinski definition) is 3. The number of primary amides is 1. The van der Waals surface area contributed by atoms with E-state index >= 15 is 0 Å². The molecule has 4 heteroatoms. The molecule has 0 aromatic rings.